The number of rotatable bonds is 6. The first-order valence-electron chi connectivity index (χ1n) is 6.09. The van der Waals surface area contributed by atoms with E-state index in [9.17, 15) is 0 Å². The Morgan fingerprint density at radius 1 is 1.00 bits per heavy atom. The molecule has 0 heterocycles. The zero-order valence-corrected chi connectivity index (χ0v) is 11.5. The van der Waals surface area contributed by atoms with E-state index in [1.165, 1.54) is 18.4 Å². The standard InChI is InChI=1S/C14H23N.ClH/c1-4-14(15(5-2)6-3)12-13-10-8-7-9-11-13;/h7-11,14H,4-6,12H2,1-3H3;1H. The van der Waals surface area contributed by atoms with E-state index in [2.05, 4.69) is 56.0 Å². The minimum atomic E-state index is 0. The van der Waals surface area contributed by atoms with E-state index in [0.29, 0.717) is 6.04 Å². The van der Waals surface area contributed by atoms with Gasteiger partial charge in [-0.2, -0.15) is 0 Å². The Kier molecular flexibility index (Phi) is 8.32. The SMILES string of the molecule is CCC(Cc1ccccc1)N(CC)CC.Cl. The topological polar surface area (TPSA) is 3.24 Å². The van der Waals surface area contributed by atoms with Gasteiger partial charge in [-0.15, -0.1) is 12.4 Å². The Balaban J connectivity index is 0.00000225. The highest BCUT2D eigenvalue weighted by Crippen LogP contribution is 2.11. The van der Waals surface area contributed by atoms with Crippen molar-refractivity contribution in [3.8, 4) is 0 Å². The highest BCUT2D eigenvalue weighted by molar-refractivity contribution is 5.85. The van der Waals surface area contributed by atoms with Crippen LogP contribution in [0.1, 0.15) is 32.8 Å². The molecule has 0 N–H and O–H groups in total. The van der Waals surface area contributed by atoms with Crippen molar-refractivity contribution < 1.29 is 0 Å². The summed E-state index contributed by atoms with van der Waals surface area (Å²) in [6, 6.07) is 11.5. The van der Waals surface area contributed by atoms with Gasteiger partial charge >= 0.3 is 0 Å². The molecule has 0 aliphatic rings. The van der Waals surface area contributed by atoms with Gasteiger partial charge in [-0.3, -0.25) is 0 Å². The van der Waals surface area contributed by atoms with Crippen molar-refractivity contribution in [1.82, 2.24) is 4.90 Å². The lowest BCUT2D eigenvalue weighted by Crippen LogP contribution is -2.36. The van der Waals surface area contributed by atoms with E-state index in [1.807, 2.05) is 0 Å². The summed E-state index contributed by atoms with van der Waals surface area (Å²) in [7, 11) is 0. The van der Waals surface area contributed by atoms with Gasteiger partial charge in [0.15, 0.2) is 0 Å². The molecule has 92 valence electrons. The Labute approximate surface area is 106 Å². The highest BCUT2D eigenvalue weighted by Gasteiger charge is 2.13. The van der Waals surface area contributed by atoms with Crippen LogP contribution < -0.4 is 0 Å². The third-order valence-electron chi connectivity index (χ3n) is 3.11. The predicted molar refractivity (Wildman–Crippen MR) is 74.4 cm³/mol. The second kappa shape index (κ2) is 8.60. The number of halogens is 1. The van der Waals surface area contributed by atoms with Crippen LogP contribution in [0.2, 0.25) is 0 Å². The zero-order valence-electron chi connectivity index (χ0n) is 10.6. The van der Waals surface area contributed by atoms with E-state index >= 15 is 0 Å². The molecule has 0 bridgehead atoms. The summed E-state index contributed by atoms with van der Waals surface area (Å²) in [6.45, 7) is 9.09. The largest absolute Gasteiger partial charge is 0.301 e. The molecular formula is C14H24ClN. The molecule has 0 spiro atoms. The maximum absolute atomic E-state index is 2.55. The van der Waals surface area contributed by atoms with Gasteiger partial charge in [-0.1, -0.05) is 51.1 Å². The summed E-state index contributed by atoms with van der Waals surface area (Å²) in [5.74, 6) is 0. The average molecular weight is 242 g/mol. The van der Waals surface area contributed by atoms with Crippen molar-refractivity contribution >= 4 is 12.4 Å². The smallest absolute Gasteiger partial charge is 0.0133 e. The molecule has 2 heteroatoms. The lowest BCUT2D eigenvalue weighted by molar-refractivity contribution is 0.210. The van der Waals surface area contributed by atoms with Gasteiger partial charge < -0.3 is 4.90 Å². The average Bonchev–Trinajstić information content (AvgIpc) is 2.30. The van der Waals surface area contributed by atoms with Crippen LogP contribution in [0.25, 0.3) is 0 Å². The molecule has 0 aliphatic carbocycles. The molecule has 1 unspecified atom stereocenters. The zero-order chi connectivity index (χ0) is 11.1. The van der Waals surface area contributed by atoms with Gasteiger partial charge in [0.1, 0.15) is 0 Å². The van der Waals surface area contributed by atoms with Crippen molar-refractivity contribution in [1.29, 1.82) is 0 Å². The summed E-state index contributed by atoms with van der Waals surface area (Å²) in [5.41, 5.74) is 1.45. The Hall–Kier alpha value is -0.530. The van der Waals surface area contributed by atoms with Crippen LogP contribution in [0, 0.1) is 0 Å². The monoisotopic (exact) mass is 241 g/mol. The minimum absolute atomic E-state index is 0. The lowest BCUT2D eigenvalue weighted by atomic mass is 10.0. The fourth-order valence-electron chi connectivity index (χ4n) is 2.16. The summed E-state index contributed by atoms with van der Waals surface area (Å²) < 4.78 is 0. The maximum atomic E-state index is 2.55. The number of hydrogen-bond donors (Lipinski definition) is 0. The van der Waals surface area contributed by atoms with Crippen molar-refractivity contribution in [3.05, 3.63) is 35.9 Å². The molecule has 0 saturated heterocycles. The van der Waals surface area contributed by atoms with Crippen LogP contribution >= 0.6 is 12.4 Å². The van der Waals surface area contributed by atoms with Crippen molar-refractivity contribution in [2.75, 3.05) is 13.1 Å². The van der Waals surface area contributed by atoms with E-state index in [1.54, 1.807) is 0 Å². The number of likely N-dealkylation sites (N-methyl/N-ethyl adjacent to an activating group) is 1. The number of nitrogens with zero attached hydrogens (tertiary/aromatic N) is 1. The van der Waals surface area contributed by atoms with Gasteiger partial charge in [0.25, 0.3) is 0 Å². The molecule has 0 saturated carbocycles. The van der Waals surface area contributed by atoms with Crippen LogP contribution in [0.4, 0.5) is 0 Å². The molecule has 1 nitrogen and oxygen atoms in total. The lowest BCUT2D eigenvalue weighted by Gasteiger charge is -2.28. The first-order chi connectivity index (χ1) is 7.31. The maximum Gasteiger partial charge on any atom is 0.0133 e. The molecular weight excluding hydrogens is 218 g/mol. The van der Waals surface area contributed by atoms with E-state index in [0.717, 1.165) is 13.1 Å². The Morgan fingerprint density at radius 2 is 1.56 bits per heavy atom. The van der Waals surface area contributed by atoms with Gasteiger partial charge in [-0.25, -0.2) is 0 Å². The van der Waals surface area contributed by atoms with Crippen LogP contribution in [0.15, 0.2) is 30.3 Å². The fraction of sp³-hybridized carbons (Fsp3) is 0.571. The third-order valence-corrected chi connectivity index (χ3v) is 3.11. The van der Waals surface area contributed by atoms with Crippen LogP contribution in [0.5, 0.6) is 0 Å². The van der Waals surface area contributed by atoms with Gasteiger partial charge in [-0.05, 0) is 31.5 Å². The molecule has 1 atom stereocenters. The van der Waals surface area contributed by atoms with Crippen molar-refractivity contribution in [2.45, 2.75) is 39.7 Å². The normalized spacial score (nSPS) is 12.2. The van der Waals surface area contributed by atoms with Gasteiger partial charge in [0.2, 0.25) is 0 Å². The summed E-state index contributed by atoms with van der Waals surface area (Å²) in [6.07, 6.45) is 2.41. The number of benzene rings is 1. The van der Waals surface area contributed by atoms with Crippen LogP contribution in [0.3, 0.4) is 0 Å². The molecule has 0 radical (unpaired) electrons. The first-order valence-corrected chi connectivity index (χ1v) is 6.09. The molecule has 1 rings (SSSR count). The first kappa shape index (κ1) is 15.5. The summed E-state index contributed by atoms with van der Waals surface area (Å²) in [5, 5.41) is 0. The quantitative estimate of drug-likeness (QED) is 0.733. The Morgan fingerprint density at radius 3 is 2.00 bits per heavy atom. The van der Waals surface area contributed by atoms with Gasteiger partial charge in [0, 0.05) is 6.04 Å². The summed E-state index contributed by atoms with van der Waals surface area (Å²) >= 11 is 0. The van der Waals surface area contributed by atoms with Crippen LogP contribution in [-0.4, -0.2) is 24.0 Å². The predicted octanol–water partition coefficient (Wildman–Crippen LogP) is 3.77. The summed E-state index contributed by atoms with van der Waals surface area (Å²) in [4.78, 5) is 2.55. The minimum Gasteiger partial charge on any atom is -0.301 e. The van der Waals surface area contributed by atoms with E-state index in [4.69, 9.17) is 0 Å². The Bertz CT molecular complexity index is 257. The third kappa shape index (κ3) is 4.54. The van der Waals surface area contributed by atoms with E-state index < -0.39 is 0 Å². The molecule has 16 heavy (non-hydrogen) atoms. The van der Waals surface area contributed by atoms with Crippen LogP contribution in [-0.2, 0) is 6.42 Å². The van der Waals surface area contributed by atoms with Crippen molar-refractivity contribution in [3.63, 3.8) is 0 Å². The van der Waals surface area contributed by atoms with E-state index in [-0.39, 0.29) is 12.4 Å². The van der Waals surface area contributed by atoms with Crippen molar-refractivity contribution in [2.24, 2.45) is 0 Å². The second-order valence-corrected chi connectivity index (χ2v) is 3.97. The van der Waals surface area contributed by atoms with Gasteiger partial charge in [0.05, 0.1) is 0 Å². The second-order valence-electron chi connectivity index (χ2n) is 3.97. The molecule has 0 aromatic heterocycles. The molecule has 0 fully saturated rings. The fourth-order valence-corrected chi connectivity index (χ4v) is 2.16. The highest BCUT2D eigenvalue weighted by atomic mass is 35.5. The molecule has 1 aromatic carbocycles. The molecule has 0 aliphatic heterocycles. The number of hydrogen-bond acceptors (Lipinski definition) is 1. The molecule has 1 aromatic rings. The molecule has 0 amide bonds.